The van der Waals surface area contributed by atoms with Crippen LogP contribution in [-0.4, -0.2) is 4.98 Å². The highest BCUT2D eigenvalue weighted by atomic mass is 79.9. The Balaban J connectivity index is 2.29. The van der Waals surface area contributed by atoms with E-state index in [9.17, 15) is 4.57 Å². The Morgan fingerprint density at radius 3 is 1.76 bits per heavy atom. The number of hydrogen-bond donors (Lipinski definition) is 0. The Hall–Kier alpha value is -1.70. The Kier molecular flexibility index (Phi) is 4.05. The molecule has 0 aliphatic heterocycles. The Morgan fingerprint density at radius 2 is 1.29 bits per heavy atom. The molecule has 0 fully saturated rings. The summed E-state index contributed by atoms with van der Waals surface area (Å²) in [5.41, 5.74) is 0. The number of halogens is 1. The normalized spacial score (nSPS) is 11.3. The molecule has 104 valence electrons. The summed E-state index contributed by atoms with van der Waals surface area (Å²) in [7, 11) is -2.90. The van der Waals surface area contributed by atoms with E-state index in [-0.39, 0.29) is 0 Å². The van der Waals surface area contributed by atoms with Gasteiger partial charge in [-0.3, -0.25) is 4.98 Å². The molecule has 0 bridgehead atoms. The average molecular weight is 358 g/mol. The first-order valence-corrected chi connectivity index (χ1v) is 9.03. The largest absolute Gasteiger partial charge is 0.309 e. The van der Waals surface area contributed by atoms with Crippen molar-refractivity contribution in [2.75, 3.05) is 0 Å². The summed E-state index contributed by atoms with van der Waals surface area (Å²) in [6.45, 7) is 0. The third-order valence-electron chi connectivity index (χ3n) is 3.29. The van der Waals surface area contributed by atoms with E-state index in [4.69, 9.17) is 0 Å². The fourth-order valence-corrected chi connectivity index (χ4v) is 5.47. The monoisotopic (exact) mass is 357 g/mol. The van der Waals surface area contributed by atoms with Crippen LogP contribution in [0.3, 0.4) is 0 Å². The zero-order chi connectivity index (χ0) is 14.7. The van der Waals surface area contributed by atoms with Crippen molar-refractivity contribution in [3.05, 3.63) is 83.6 Å². The summed E-state index contributed by atoms with van der Waals surface area (Å²) in [6.07, 6.45) is 3.38. The van der Waals surface area contributed by atoms with E-state index in [0.717, 1.165) is 20.4 Å². The van der Waals surface area contributed by atoms with Crippen molar-refractivity contribution in [3.63, 3.8) is 0 Å². The summed E-state index contributed by atoms with van der Waals surface area (Å²) in [4.78, 5) is 4.18. The zero-order valence-electron chi connectivity index (χ0n) is 11.2. The SMILES string of the molecule is O=P(c1ccccc1)(c1ccccc1)c1cncc(Br)c1. The van der Waals surface area contributed by atoms with Gasteiger partial charge >= 0.3 is 0 Å². The molecule has 2 aromatic carbocycles. The van der Waals surface area contributed by atoms with Gasteiger partial charge in [-0.2, -0.15) is 0 Å². The minimum absolute atomic E-state index is 0.731. The van der Waals surface area contributed by atoms with Crippen LogP contribution in [0.15, 0.2) is 83.6 Å². The molecule has 1 heterocycles. The average Bonchev–Trinajstić information content (AvgIpc) is 2.56. The number of aromatic nitrogens is 1. The van der Waals surface area contributed by atoms with E-state index < -0.39 is 7.14 Å². The molecular weight excluding hydrogens is 345 g/mol. The smallest absolute Gasteiger partial charge is 0.172 e. The fraction of sp³-hybridized carbons (Fsp3) is 0. The summed E-state index contributed by atoms with van der Waals surface area (Å²) >= 11 is 3.42. The molecule has 0 aliphatic carbocycles. The third-order valence-corrected chi connectivity index (χ3v) is 6.75. The van der Waals surface area contributed by atoms with Crippen LogP contribution in [-0.2, 0) is 4.57 Å². The predicted molar refractivity (Wildman–Crippen MR) is 91.3 cm³/mol. The van der Waals surface area contributed by atoms with Crippen molar-refractivity contribution < 1.29 is 4.57 Å². The van der Waals surface area contributed by atoms with Gasteiger partial charge in [-0.15, -0.1) is 0 Å². The van der Waals surface area contributed by atoms with Gasteiger partial charge in [0.2, 0.25) is 0 Å². The van der Waals surface area contributed by atoms with E-state index in [1.807, 2.05) is 66.7 Å². The second kappa shape index (κ2) is 5.97. The molecule has 4 heteroatoms. The van der Waals surface area contributed by atoms with Gasteiger partial charge in [0.25, 0.3) is 0 Å². The standard InChI is InChI=1S/C17H13BrNOP/c18-14-11-17(13-19-12-14)21(20,15-7-3-1-4-8-15)16-9-5-2-6-10-16/h1-13H. The summed E-state index contributed by atoms with van der Waals surface area (Å²) < 4.78 is 14.7. The van der Waals surface area contributed by atoms with Crippen molar-refractivity contribution in [1.82, 2.24) is 4.98 Å². The van der Waals surface area contributed by atoms with E-state index >= 15 is 0 Å². The molecule has 0 atom stereocenters. The van der Waals surface area contributed by atoms with Gasteiger partial charge in [0.15, 0.2) is 7.14 Å². The maximum atomic E-state index is 13.9. The van der Waals surface area contributed by atoms with Gasteiger partial charge in [-0.25, -0.2) is 0 Å². The van der Waals surface area contributed by atoms with Gasteiger partial charge in [0.05, 0.1) is 0 Å². The molecular formula is C17H13BrNOP. The molecule has 3 rings (SSSR count). The number of rotatable bonds is 3. The quantitative estimate of drug-likeness (QED) is 0.671. The number of hydrogen-bond acceptors (Lipinski definition) is 2. The zero-order valence-corrected chi connectivity index (χ0v) is 13.7. The maximum Gasteiger partial charge on any atom is 0.172 e. The van der Waals surface area contributed by atoms with Crippen LogP contribution in [0.5, 0.6) is 0 Å². The minimum atomic E-state index is -2.90. The van der Waals surface area contributed by atoms with Crippen LogP contribution in [0.4, 0.5) is 0 Å². The summed E-state index contributed by atoms with van der Waals surface area (Å²) in [5.74, 6) is 0. The molecule has 3 aromatic rings. The van der Waals surface area contributed by atoms with E-state index in [1.165, 1.54) is 0 Å². The lowest BCUT2D eigenvalue weighted by atomic mass is 10.4. The Morgan fingerprint density at radius 1 is 0.762 bits per heavy atom. The lowest BCUT2D eigenvalue weighted by molar-refractivity contribution is 0.592. The molecule has 21 heavy (non-hydrogen) atoms. The Bertz CT molecular complexity index is 747. The van der Waals surface area contributed by atoms with Gasteiger partial charge in [0.1, 0.15) is 0 Å². The van der Waals surface area contributed by atoms with E-state index in [1.54, 1.807) is 12.4 Å². The van der Waals surface area contributed by atoms with Crippen LogP contribution in [0, 0.1) is 0 Å². The molecule has 0 amide bonds. The minimum Gasteiger partial charge on any atom is -0.309 e. The van der Waals surface area contributed by atoms with Crippen LogP contribution < -0.4 is 15.9 Å². The molecule has 0 N–H and O–H groups in total. The fourth-order valence-electron chi connectivity index (χ4n) is 2.30. The molecule has 1 aromatic heterocycles. The molecule has 0 radical (unpaired) electrons. The van der Waals surface area contributed by atoms with Crippen LogP contribution in [0.1, 0.15) is 0 Å². The van der Waals surface area contributed by atoms with Crippen LogP contribution >= 0.6 is 23.1 Å². The van der Waals surface area contributed by atoms with Gasteiger partial charge in [-0.05, 0) is 22.0 Å². The molecule has 0 unspecified atom stereocenters. The highest BCUT2D eigenvalue weighted by Gasteiger charge is 2.29. The van der Waals surface area contributed by atoms with Crippen LogP contribution in [0.2, 0.25) is 0 Å². The predicted octanol–water partition coefficient (Wildman–Crippen LogP) is 3.48. The van der Waals surface area contributed by atoms with Crippen LogP contribution in [0.25, 0.3) is 0 Å². The molecule has 0 spiro atoms. The second-order valence-corrected chi connectivity index (χ2v) is 8.33. The van der Waals surface area contributed by atoms with Gasteiger partial charge in [0, 0.05) is 32.8 Å². The second-order valence-electron chi connectivity index (χ2n) is 4.64. The van der Waals surface area contributed by atoms with Gasteiger partial charge < -0.3 is 4.57 Å². The highest BCUT2D eigenvalue weighted by Crippen LogP contribution is 2.42. The molecule has 2 nitrogen and oxygen atoms in total. The first kappa shape index (κ1) is 14.2. The molecule has 0 aliphatic rings. The van der Waals surface area contributed by atoms with Gasteiger partial charge in [-0.1, -0.05) is 60.7 Å². The summed E-state index contributed by atoms with van der Waals surface area (Å²) in [6, 6.07) is 21.0. The van der Waals surface area contributed by atoms with Crippen molar-refractivity contribution in [2.45, 2.75) is 0 Å². The van der Waals surface area contributed by atoms with Crippen molar-refractivity contribution >= 4 is 39.0 Å². The number of pyridine rings is 1. The third kappa shape index (κ3) is 2.72. The van der Waals surface area contributed by atoms with Crippen molar-refractivity contribution in [1.29, 1.82) is 0 Å². The van der Waals surface area contributed by atoms with E-state index in [0.29, 0.717) is 0 Å². The highest BCUT2D eigenvalue weighted by molar-refractivity contribution is 9.10. The lowest BCUT2D eigenvalue weighted by Gasteiger charge is -2.19. The van der Waals surface area contributed by atoms with E-state index in [2.05, 4.69) is 20.9 Å². The lowest BCUT2D eigenvalue weighted by Crippen LogP contribution is -2.25. The maximum absolute atomic E-state index is 13.9. The first-order valence-electron chi connectivity index (χ1n) is 6.53. The first-order chi connectivity index (χ1) is 10.2. The summed E-state index contributed by atoms with van der Waals surface area (Å²) in [5, 5.41) is 2.36. The van der Waals surface area contributed by atoms with Crippen molar-refractivity contribution in [3.8, 4) is 0 Å². The number of benzene rings is 2. The number of nitrogens with zero attached hydrogens (tertiary/aromatic N) is 1. The van der Waals surface area contributed by atoms with Crippen molar-refractivity contribution in [2.24, 2.45) is 0 Å². The molecule has 0 saturated heterocycles. The Labute approximate surface area is 132 Å². The molecule has 0 saturated carbocycles. The topological polar surface area (TPSA) is 30.0 Å².